The SMILES string of the molecule is CC(C)[Si](O[C@H]1C[C@@H](S(=O)(=O)C2(COCc3ccccc3)CC2)C1)(C(C)C)C(C)C. The van der Waals surface area contributed by atoms with Crippen molar-refractivity contribution in [2.75, 3.05) is 6.61 Å². The number of ether oxygens (including phenoxy) is 1. The highest BCUT2D eigenvalue weighted by Crippen LogP contribution is 2.51. The zero-order valence-corrected chi connectivity index (χ0v) is 21.4. The minimum Gasteiger partial charge on any atom is -0.413 e. The molecule has 0 amide bonds. The number of sulfone groups is 1. The monoisotopic (exact) mass is 452 g/mol. The summed E-state index contributed by atoms with van der Waals surface area (Å²) in [5.74, 6) is 0. The Balaban J connectivity index is 1.57. The van der Waals surface area contributed by atoms with Crippen molar-refractivity contribution < 1.29 is 17.6 Å². The van der Waals surface area contributed by atoms with Gasteiger partial charge in [0.15, 0.2) is 9.84 Å². The molecule has 0 N–H and O–H groups in total. The van der Waals surface area contributed by atoms with E-state index in [9.17, 15) is 8.42 Å². The van der Waals surface area contributed by atoms with Crippen molar-refractivity contribution in [2.24, 2.45) is 0 Å². The van der Waals surface area contributed by atoms with Gasteiger partial charge < -0.3 is 9.16 Å². The summed E-state index contributed by atoms with van der Waals surface area (Å²) < 4.78 is 38.7. The quantitative estimate of drug-likeness (QED) is 0.394. The van der Waals surface area contributed by atoms with Crippen molar-refractivity contribution in [1.29, 1.82) is 0 Å². The van der Waals surface area contributed by atoms with Crippen LogP contribution in [0.1, 0.15) is 72.8 Å². The lowest BCUT2D eigenvalue weighted by atomic mass is 9.96. The van der Waals surface area contributed by atoms with E-state index in [2.05, 4.69) is 41.5 Å². The fourth-order valence-corrected chi connectivity index (χ4v) is 13.6. The summed E-state index contributed by atoms with van der Waals surface area (Å²) in [6.07, 6.45) is 2.88. The van der Waals surface area contributed by atoms with Crippen LogP contribution in [-0.4, -0.2) is 39.4 Å². The van der Waals surface area contributed by atoms with Crippen LogP contribution in [0.25, 0.3) is 0 Å². The summed E-state index contributed by atoms with van der Waals surface area (Å²) in [5.41, 5.74) is 2.65. The van der Waals surface area contributed by atoms with Gasteiger partial charge in [-0.15, -0.1) is 0 Å². The average Bonchev–Trinajstić information content (AvgIpc) is 3.42. The number of hydrogen-bond acceptors (Lipinski definition) is 4. The third-order valence-electron chi connectivity index (χ3n) is 7.46. The van der Waals surface area contributed by atoms with E-state index in [1.54, 1.807) is 0 Å². The molecule has 0 atom stereocenters. The van der Waals surface area contributed by atoms with Gasteiger partial charge in [0, 0.05) is 6.10 Å². The largest absolute Gasteiger partial charge is 0.413 e. The van der Waals surface area contributed by atoms with Gasteiger partial charge in [-0.2, -0.15) is 0 Å². The fraction of sp³-hybridized carbons (Fsp3) is 0.750. The molecule has 2 aliphatic carbocycles. The van der Waals surface area contributed by atoms with Crippen molar-refractivity contribution in [3.8, 4) is 0 Å². The highest BCUT2D eigenvalue weighted by atomic mass is 32.2. The minimum absolute atomic E-state index is 0.102. The molecule has 0 unspecified atom stereocenters. The Labute approximate surface area is 184 Å². The Morgan fingerprint density at radius 2 is 1.50 bits per heavy atom. The molecule has 0 aliphatic heterocycles. The van der Waals surface area contributed by atoms with Crippen LogP contribution < -0.4 is 0 Å². The Kier molecular flexibility index (Phi) is 7.22. The molecule has 0 saturated heterocycles. The summed E-state index contributed by atoms with van der Waals surface area (Å²) in [7, 11) is -5.14. The molecular formula is C24H40O4SSi. The second-order valence-corrected chi connectivity index (χ2v) is 18.4. The van der Waals surface area contributed by atoms with Crippen LogP contribution in [0.3, 0.4) is 0 Å². The Morgan fingerprint density at radius 3 is 1.97 bits per heavy atom. The second kappa shape index (κ2) is 9.05. The third-order valence-corrected chi connectivity index (χ3v) is 16.6. The van der Waals surface area contributed by atoms with Crippen LogP contribution in [0.4, 0.5) is 0 Å². The molecule has 170 valence electrons. The average molecular weight is 453 g/mol. The molecule has 0 heterocycles. The van der Waals surface area contributed by atoms with Gasteiger partial charge in [-0.25, -0.2) is 8.42 Å². The molecule has 0 spiro atoms. The predicted molar refractivity (Wildman–Crippen MR) is 126 cm³/mol. The first kappa shape index (κ1) is 24.0. The highest BCUT2D eigenvalue weighted by molar-refractivity contribution is 7.93. The lowest BCUT2D eigenvalue weighted by molar-refractivity contribution is 0.0973. The van der Waals surface area contributed by atoms with Crippen molar-refractivity contribution >= 4 is 18.2 Å². The highest BCUT2D eigenvalue weighted by Gasteiger charge is 2.60. The van der Waals surface area contributed by atoms with Gasteiger partial charge in [-0.05, 0) is 47.9 Å². The van der Waals surface area contributed by atoms with Gasteiger partial charge in [0.1, 0.15) is 0 Å². The first-order valence-corrected chi connectivity index (χ1v) is 15.3. The van der Waals surface area contributed by atoms with Gasteiger partial charge in [0.2, 0.25) is 8.32 Å². The van der Waals surface area contributed by atoms with Crippen LogP contribution in [-0.2, 0) is 25.6 Å². The summed E-state index contributed by atoms with van der Waals surface area (Å²) in [6, 6.07) is 9.95. The topological polar surface area (TPSA) is 52.6 Å². The number of rotatable bonds is 11. The van der Waals surface area contributed by atoms with Gasteiger partial charge >= 0.3 is 0 Å². The van der Waals surface area contributed by atoms with Gasteiger partial charge in [-0.3, -0.25) is 0 Å². The summed E-state index contributed by atoms with van der Waals surface area (Å²) >= 11 is 0. The van der Waals surface area contributed by atoms with Gasteiger partial charge in [0.05, 0.1) is 23.2 Å². The van der Waals surface area contributed by atoms with Crippen LogP contribution in [0.5, 0.6) is 0 Å². The summed E-state index contributed by atoms with van der Waals surface area (Å²) in [6.45, 7) is 14.5. The van der Waals surface area contributed by atoms with E-state index in [4.69, 9.17) is 9.16 Å². The summed E-state index contributed by atoms with van der Waals surface area (Å²) in [4.78, 5) is 0. The normalized spacial score (nSPS) is 23.8. The molecule has 6 heteroatoms. The van der Waals surface area contributed by atoms with Crippen LogP contribution in [0, 0.1) is 0 Å². The first-order valence-electron chi connectivity index (χ1n) is 11.6. The smallest absolute Gasteiger partial charge is 0.200 e. The van der Waals surface area contributed by atoms with E-state index in [1.807, 2.05) is 30.3 Å². The molecule has 1 aromatic carbocycles. The maximum Gasteiger partial charge on any atom is 0.200 e. The van der Waals surface area contributed by atoms with E-state index in [1.165, 1.54) is 0 Å². The molecular weight excluding hydrogens is 412 g/mol. The zero-order valence-electron chi connectivity index (χ0n) is 19.6. The van der Waals surface area contributed by atoms with Crippen molar-refractivity contribution in [2.45, 2.75) is 107 Å². The lowest BCUT2D eigenvalue weighted by Crippen LogP contribution is -2.55. The molecule has 30 heavy (non-hydrogen) atoms. The standard InChI is InChI=1S/C24H40O4SSi/c1-18(2)30(19(3)4,20(5)6)28-22-14-23(15-22)29(25,26)24(12-13-24)17-27-16-21-10-8-7-9-11-21/h7-11,18-20,22-23H,12-17H2,1-6H3/t22-,23+. The molecule has 2 saturated carbocycles. The minimum atomic E-state index is -3.18. The molecule has 2 aliphatic rings. The third kappa shape index (κ3) is 4.43. The van der Waals surface area contributed by atoms with Crippen molar-refractivity contribution in [3.63, 3.8) is 0 Å². The molecule has 0 aromatic heterocycles. The number of hydrogen-bond donors (Lipinski definition) is 0. The molecule has 3 rings (SSSR count). The van der Waals surface area contributed by atoms with E-state index in [0.29, 0.717) is 42.7 Å². The predicted octanol–water partition coefficient (Wildman–Crippen LogP) is 5.87. The van der Waals surface area contributed by atoms with Crippen LogP contribution >= 0.6 is 0 Å². The molecule has 0 radical (unpaired) electrons. The van der Waals surface area contributed by atoms with Crippen molar-refractivity contribution in [3.05, 3.63) is 35.9 Å². The zero-order chi connectivity index (χ0) is 22.2. The van der Waals surface area contributed by atoms with Gasteiger partial charge in [0.25, 0.3) is 0 Å². The van der Waals surface area contributed by atoms with E-state index in [0.717, 1.165) is 18.4 Å². The Hall–Kier alpha value is -0.693. The first-order chi connectivity index (χ1) is 14.0. The molecule has 1 aromatic rings. The molecule has 2 fully saturated rings. The maximum atomic E-state index is 13.3. The lowest BCUT2D eigenvalue weighted by Gasteiger charge is -2.48. The van der Waals surface area contributed by atoms with Crippen molar-refractivity contribution in [1.82, 2.24) is 0 Å². The van der Waals surface area contributed by atoms with E-state index in [-0.39, 0.29) is 11.4 Å². The Morgan fingerprint density at radius 1 is 0.967 bits per heavy atom. The fourth-order valence-electron chi connectivity index (χ4n) is 5.50. The number of benzene rings is 1. The Bertz CT molecular complexity index is 772. The van der Waals surface area contributed by atoms with Crippen LogP contribution in [0.2, 0.25) is 16.6 Å². The molecule has 4 nitrogen and oxygen atoms in total. The van der Waals surface area contributed by atoms with E-state index < -0.39 is 22.9 Å². The van der Waals surface area contributed by atoms with Gasteiger partial charge in [-0.1, -0.05) is 71.9 Å². The van der Waals surface area contributed by atoms with Crippen LogP contribution in [0.15, 0.2) is 30.3 Å². The van der Waals surface area contributed by atoms with E-state index >= 15 is 0 Å². The molecule has 0 bridgehead atoms. The maximum absolute atomic E-state index is 13.3. The summed E-state index contributed by atoms with van der Waals surface area (Å²) in [5, 5.41) is -0.261. The second-order valence-electron chi connectivity index (χ2n) is 10.4.